The Kier molecular flexibility index (Phi) is 8.90. The second-order valence-corrected chi connectivity index (χ2v) is 9.01. The van der Waals surface area contributed by atoms with Gasteiger partial charge in [-0.05, 0) is 6.07 Å². The summed E-state index contributed by atoms with van der Waals surface area (Å²) in [7, 11) is 0. The van der Waals surface area contributed by atoms with Crippen LogP contribution in [0.5, 0.6) is 0 Å². The smallest absolute Gasteiger partial charge is 0.351 e. The largest absolute Gasteiger partial charge is 0.462 e. The maximum Gasteiger partial charge on any atom is 0.351 e. The fourth-order valence-electron chi connectivity index (χ4n) is 3.11. The molecule has 1 aromatic heterocycles. The average Bonchev–Trinajstić information content (AvgIpc) is 3.05. The highest BCUT2D eigenvalue weighted by molar-refractivity contribution is 5.73. The number of anilines is 1. The maximum absolute atomic E-state index is 12.6. The molecule has 2 rings (SSSR count). The number of hydrogen-bond acceptors (Lipinski definition) is 10. The number of ether oxygens (including phenoxy) is 4. The van der Waals surface area contributed by atoms with Gasteiger partial charge in [0.1, 0.15) is 12.4 Å². The van der Waals surface area contributed by atoms with E-state index in [4.69, 9.17) is 24.7 Å². The fourth-order valence-corrected chi connectivity index (χ4v) is 3.11. The lowest BCUT2D eigenvalue weighted by molar-refractivity contribution is -0.582. The maximum atomic E-state index is 12.6. The van der Waals surface area contributed by atoms with Gasteiger partial charge in [-0.3, -0.25) is 24.4 Å². The van der Waals surface area contributed by atoms with Crippen molar-refractivity contribution in [2.24, 2.45) is 17.8 Å². The number of nitrogens with one attached hydrogen (secondary N) is 2. The molecule has 1 aliphatic rings. The molecule has 1 fully saturated rings. The number of carbonyl (C=O) groups excluding carboxylic acids is 3. The lowest BCUT2D eigenvalue weighted by atomic mass is 10.0. The van der Waals surface area contributed by atoms with Gasteiger partial charge in [0, 0.05) is 6.20 Å². The van der Waals surface area contributed by atoms with Crippen LogP contribution in [0.2, 0.25) is 0 Å². The Balaban J connectivity index is 2.66. The molecule has 194 valence electrons. The van der Waals surface area contributed by atoms with Crippen LogP contribution in [0.3, 0.4) is 0 Å². The summed E-state index contributed by atoms with van der Waals surface area (Å²) >= 11 is 0. The van der Waals surface area contributed by atoms with Gasteiger partial charge in [-0.15, -0.1) is 0 Å². The summed E-state index contributed by atoms with van der Waals surface area (Å²) in [6.45, 7) is 8.95. The molecule has 4 unspecified atom stereocenters. The standard InChI is InChI=1S/C21H32N6O8/c1-10(2)17(28)32-9-21(25-26-23)15(34-19(30)12(5)6)14(33-18(29)11(3)4)16(35-21)27-8-7-13(22)24-20(27)31/h7-8,10-12,14-16,26H,9H2,1-6H3,(H3-,22,23,24,25,31). The first-order chi connectivity index (χ1) is 16.3. The second-order valence-electron chi connectivity index (χ2n) is 9.01. The predicted octanol–water partition coefficient (Wildman–Crippen LogP) is -1.01. The van der Waals surface area contributed by atoms with E-state index in [1.165, 1.54) is 12.3 Å². The van der Waals surface area contributed by atoms with Gasteiger partial charge in [0.25, 0.3) is 0 Å². The van der Waals surface area contributed by atoms with E-state index in [-0.39, 0.29) is 5.82 Å². The van der Waals surface area contributed by atoms with E-state index in [0.29, 0.717) is 0 Å². The van der Waals surface area contributed by atoms with Crippen molar-refractivity contribution in [1.29, 1.82) is 0 Å². The van der Waals surface area contributed by atoms with Crippen LogP contribution in [0.1, 0.15) is 47.8 Å². The van der Waals surface area contributed by atoms with Crippen molar-refractivity contribution in [2.75, 3.05) is 12.3 Å². The molecule has 0 aliphatic carbocycles. The summed E-state index contributed by atoms with van der Waals surface area (Å²) < 4.78 is 23.6. The van der Waals surface area contributed by atoms with Crippen LogP contribution in [0, 0.1) is 17.8 Å². The van der Waals surface area contributed by atoms with Crippen molar-refractivity contribution in [1.82, 2.24) is 15.0 Å². The van der Waals surface area contributed by atoms with Gasteiger partial charge in [0.15, 0.2) is 24.2 Å². The molecule has 0 spiro atoms. The highest BCUT2D eigenvalue weighted by Crippen LogP contribution is 2.39. The Hall–Kier alpha value is -3.55. The van der Waals surface area contributed by atoms with Gasteiger partial charge in [-0.1, -0.05) is 41.5 Å². The third kappa shape index (κ3) is 6.32. The Morgan fingerprint density at radius 2 is 1.71 bits per heavy atom. The highest BCUT2D eigenvalue weighted by Gasteiger charge is 2.60. The molecule has 2 heterocycles. The zero-order chi connectivity index (χ0) is 26.5. The minimum atomic E-state index is -1.99. The first-order valence-electron chi connectivity index (χ1n) is 11.1. The van der Waals surface area contributed by atoms with Crippen LogP contribution in [-0.2, 0) is 33.3 Å². The van der Waals surface area contributed by atoms with Gasteiger partial charge < -0.3 is 24.7 Å². The topological polar surface area (TPSA) is 197 Å². The summed E-state index contributed by atoms with van der Waals surface area (Å²) in [5.41, 5.74) is 14.6. The number of aromatic nitrogens is 2. The zero-order valence-corrected chi connectivity index (χ0v) is 20.5. The summed E-state index contributed by atoms with van der Waals surface area (Å²) in [5, 5.41) is 1.71. The van der Waals surface area contributed by atoms with Crippen molar-refractivity contribution >= 4 is 23.7 Å². The van der Waals surface area contributed by atoms with E-state index in [0.717, 1.165) is 4.57 Å². The van der Waals surface area contributed by atoms with E-state index in [1.54, 1.807) is 46.8 Å². The number of esters is 3. The number of nitrogens with two attached hydrogens (primary N) is 1. The molecule has 1 saturated heterocycles. The van der Waals surface area contributed by atoms with Crippen LogP contribution in [0.25, 0.3) is 5.53 Å². The monoisotopic (exact) mass is 496 g/mol. The van der Waals surface area contributed by atoms with E-state index in [1.807, 2.05) is 0 Å². The molecule has 4 N–H and O–H groups in total. The van der Waals surface area contributed by atoms with Crippen LogP contribution in [0.4, 0.5) is 5.82 Å². The molecule has 14 heteroatoms. The molecule has 1 aromatic rings. The molecule has 14 nitrogen and oxygen atoms in total. The normalized spacial score (nSPS) is 23.9. The van der Waals surface area contributed by atoms with Gasteiger partial charge in [-0.2, -0.15) is 15.7 Å². The molecule has 0 bridgehead atoms. The van der Waals surface area contributed by atoms with E-state index >= 15 is 0 Å². The Morgan fingerprint density at radius 1 is 1.14 bits per heavy atom. The lowest BCUT2D eigenvalue weighted by Gasteiger charge is -2.35. The lowest BCUT2D eigenvalue weighted by Crippen LogP contribution is -2.85. The summed E-state index contributed by atoms with van der Waals surface area (Å²) in [4.78, 5) is 53.7. The van der Waals surface area contributed by atoms with Crippen LogP contribution >= 0.6 is 0 Å². The zero-order valence-electron chi connectivity index (χ0n) is 20.5. The molecule has 0 aromatic carbocycles. The minimum absolute atomic E-state index is 0.0602. The Morgan fingerprint density at radius 3 is 2.23 bits per heavy atom. The second kappa shape index (κ2) is 11.3. The first kappa shape index (κ1) is 27.7. The first-order valence-corrected chi connectivity index (χ1v) is 11.1. The van der Waals surface area contributed by atoms with Gasteiger partial charge in [-0.25, -0.2) is 4.79 Å². The Labute approximate surface area is 201 Å². The van der Waals surface area contributed by atoms with E-state index in [2.05, 4.69) is 10.4 Å². The molecule has 0 radical (unpaired) electrons. The summed E-state index contributed by atoms with van der Waals surface area (Å²) in [6.07, 6.45) is -3.07. The van der Waals surface area contributed by atoms with Gasteiger partial charge in [0.2, 0.25) is 0 Å². The van der Waals surface area contributed by atoms with Crippen molar-refractivity contribution in [3.05, 3.63) is 28.3 Å². The van der Waals surface area contributed by atoms with Crippen LogP contribution in [-0.4, -0.2) is 52.0 Å². The molecule has 1 aliphatic heterocycles. The summed E-state index contributed by atoms with van der Waals surface area (Å²) in [6, 6.07) is 1.32. The van der Waals surface area contributed by atoms with Crippen LogP contribution < -0.4 is 22.1 Å². The average molecular weight is 497 g/mol. The third-order valence-corrected chi connectivity index (χ3v) is 5.10. The van der Waals surface area contributed by atoms with E-state index in [9.17, 15) is 24.7 Å². The molecule has 0 amide bonds. The number of nitrogen functional groups attached to an aromatic ring is 1. The van der Waals surface area contributed by atoms with Crippen molar-refractivity contribution in [3.8, 4) is 0 Å². The Bertz CT molecular complexity index is 1010. The fraction of sp³-hybridized carbons (Fsp3) is 0.667. The number of nitrogens with zero attached hydrogens (tertiary/aromatic N) is 3. The molecule has 4 atom stereocenters. The molecular weight excluding hydrogens is 464 g/mol. The van der Waals surface area contributed by atoms with E-state index < -0.39 is 72.1 Å². The SMILES string of the molecule is CC(C)C(=O)OCC1(N[NH+]=[N-])OC(n2ccc(N)nc2=O)C(OC(=O)C(C)C)C1OC(=O)C(C)C. The van der Waals surface area contributed by atoms with Crippen LogP contribution in [0.15, 0.2) is 17.1 Å². The number of carbonyl (C=O) groups is 3. The van der Waals surface area contributed by atoms with Crippen molar-refractivity contribution in [3.63, 3.8) is 0 Å². The molecular formula is C21H32N6O8. The predicted molar refractivity (Wildman–Crippen MR) is 118 cm³/mol. The highest BCUT2D eigenvalue weighted by atomic mass is 16.7. The molecule has 35 heavy (non-hydrogen) atoms. The third-order valence-electron chi connectivity index (χ3n) is 5.10. The van der Waals surface area contributed by atoms with Gasteiger partial charge >= 0.3 is 23.6 Å². The number of hydrogen-bond donors (Lipinski definition) is 3. The quantitative estimate of drug-likeness (QED) is 0.155. The van der Waals surface area contributed by atoms with Crippen molar-refractivity contribution < 1.29 is 38.6 Å². The molecule has 0 saturated carbocycles. The summed E-state index contributed by atoms with van der Waals surface area (Å²) in [5.74, 6) is -3.77. The number of rotatable bonds is 10. The van der Waals surface area contributed by atoms with Gasteiger partial charge in [0.05, 0.1) is 17.8 Å². The minimum Gasteiger partial charge on any atom is -0.462 e. The van der Waals surface area contributed by atoms with Crippen molar-refractivity contribution in [2.45, 2.75) is 65.7 Å². The number of hydrazine groups is 1.